The number of phenolic OH excluding ortho intramolecular Hbond substituents is 2. The van der Waals surface area contributed by atoms with Crippen LogP contribution < -0.4 is 10.1 Å². The number of rotatable bonds is 7. The van der Waals surface area contributed by atoms with E-state index in [0.717, 1.165) is 0 Å². The maximum absolute atomic E-state index is 13.8. The number of carbonyl (C=O) groups excluding carboxylic acids is 4. The van der Waals surface area contributed by atoms with Crippen molar-refractivity contribution in [3.63, 3.8) is 0 Å². The van der Waals surface area contributed by atoms with E-state index in [1.54, 1.807) is 0 Å². The summed E-state index contributed by atoms with van der Waals surface area (Å²) in [6.07, 6.45) is -5.95. The van der Waals surface area contributed by atoms with Gasteiger partial charge in [-0.15, -0.1) is 0 Å². The normalized spacial score (nSPS) is 27.6. The summed E-state index contributed by atoms with van der Waals surface area (Å²) in [4.78, 5) is 52.2. The van der Waals surface area contributed by atoms with E-state index in [0.29, 0.717) is 12.0 Å². The fraction of sp³-hybridized carbons (Fsp3) is 0.429. The molecular formula is C28H28INO13S. The predicted molar refractivity (Wildman–Crippen MR) is 159 cm³/mol. The highest BCUT2D eigenvalue weighted by Gasteiger charge is 2.50. The minimum atomic E-state index is -2.31. The zero-order chi connectivity index (χ0) is 32.1. The Labute approximate surface area is 268 Å². The first kappa shape index (κ1) is 32.6. The zero-order valence-corrected chi connectivity index (χ0v) is 26.2. The Balaban J connectivity index is 1.61. The molecule has 0 saturated carbocycles. The van der Waals surface area contributed by atoms with Crippen LogP contribution in [0.2, 0.25) is 0 Å². The summed E-state index contributed by atoms with van der Waals surface area (Å²) in [5.41, 5.74) is -3.95. The molecule has 2 aromatic carbocycles. The lowest BCUT2D eigenvalue weighted by molar-refractivity contribution is -0.248. The van der Waals surface area contributed by atoms with Gasteiger partial charge in [0.1, 0.15) is 70.6 Å². The average Bonchev–Trinajstić information content (AvgIpc) is 2.99. The topological polar surface area (TPSA) is 218 Å². The van der Waals surface area contributed by atoms with E-state index in [9.17, 15) is 44.7 Å². The number of amides is 1. The van der Waals surface area contributed by atoms with Crippen LogP contribution in [-0.2, 0) is 23.2 Å². The molecule has 2 aromatic rings. The molecule has 0 spiro atoms. The first-order valence-electron chi connectivity index (χ1n) is 13.3. The summed E-state index contributed by atoms with van der Waals surface area (Å²) < 4.78 is 21.9. The number of aliphatic hydroxyl groups excluding tert-OH is 2. The third-order valence-corrected chi connectivity index (χ3v) is 9.04. The van der Waals surface area contributed by atoms with Gasteiger partial charge in [-0.25, -0.2) is 2.51 Å². The first-order valence-corrected chi connectivity index (χ1v) is 15.0. The second kappa shape index (κ2) is 12.5. The number of ether oxygens (including phenoxy) is 3. The molecule has 1 aliphatic heterocycles. The largest absolute Gasteiger partial charge is 0.507 e. The number of hydrogen-bond acceptors (Lipinski definition) is 14. The Morgan fingerprint density at radius 2 is 1.86 bits per heavy atom. The quantitative estimate of drug-likeness (QED) is 0.115. The average molecular weight is 745 g/mol. The van der Waals surface area contributed by atoms with Crippen molar-refractivity contribution in [1.82, 2.24) is 5.32 Å². The maximum atomic E-state index is 13.8. The van der Waals surface area contributed by atoms with Crippen molar-refractivity contribution in [2.24, 2.45) is 0 Å². The molecule has 0 bridgehead atoms. The van der Waals surface area contributed by atoms with Crippen molar-refractivity contribution in [2.45, 2.75) is 62.4 Å². The maximum Gasteiger partial charge on any atom is 0.307 e. The van der Waals surface area contributed by atoms with Crippen LogP contribution in [-0.4, -0.2) is 92.0 Å². The number of methoxy groups -OCH3 is 1. The lowest BCUT2D eigenvalue weighted by atomic mass is 9.72. The number of aromatic hydroxyl groups is 2. The van der Waals surface area contributed by atoms with Crippen molar-refractivity contribution < 1.29 is 61.4 Å². The van der Waals surface area contributed by atoms with Crippen LogP contribution in [0, 0.1) is 0 Å². The van der Waals surface area contributed by atoms with Gasteiger partial charge in [0.25, 0.3) is 0 Å². The molecule has 1 fully saturated rings. The molecule has 1 heterocycles. The molecule has 3 unspecified atom stereocenters. The molecule has 5 rings (SSSR count). The Bertz CT molecular complexity index is 1550. The van der Waals surface area contributed by atoms with E-state index in [1.807, 2.05) is 0 Å². The monoisotopic (exact) mass is 745 g/mol. The van der Waals surface area contributed by atoms with Gasteiger partial charge < -0.3 is 45.1 Å². The molecule has 236 valence electrons. The molecule has 16 heteroatoms. The number of benzene rings is 2. The molecule has 44 heavy (non-hydrogen) atoms. The predicted octanol–water partition coefficient (Wildman–Crippen LogP) is 1.77. The summed E-state index contributed by atoms with van der Waals surface area (Å²) in [6, 6.07) is 3.43. The molecular weight excluding hydrogens is 717 g/mol. The van der Waals surface area contributed by atoms with E-state index < -0.39 is 101 Å². The Morgan fingerprint density at radius 3 is 2.52 bits per heavy atom. The third-order valence-electron chi connectivity index (χ3n) is 8.17. The number of hydrogen-bond donors (Lipinski definition) is 6. The van der Waals surface area contributed by atoms with Crippen molar-refractivity contribution in [3.05, 3.63) is 51.6 Å². The second-order valence-corrected chi connectivity index (χ2v) is 12.4. The molecule has 2 aliphatic carbocycles. The highest BCUT2D eigenvalue weighted by Crippen LogP contribution is 2.52. The van der Waals surface area contributed by atoms with Crippen molar-refractivity contribution in [3.8, 4) is 17.2 Å². The highest BCUT2D eigenvalue weighted by molar-refractivity contribution is 14.1. The number of nitrogens with one attached hydrogen (secondary N) is 1. The Hall–Kier alpha value is -2.84. The van der Waals surface area contributed by atoms with Crippen LogP contribution in [0.15, 0.2) is 18.2 Å². The number of phenols is 2. The van der Waals surface area contributed by atoms with Crippen LogP contribution in [0.3, 0.4) is 0 Å². The summed E-state index contributed by atoms with van der Waals surface area (Å²) in [6.45, 7) is 0.463. The molecule has 6 atom stereocenters. The SMILES string of the molecule is COc1cccc2c1C(=O)c1c(O)c3c(c(O)c1C2=O)C[C@@](O)(C(=O)CO)C[C@@H]3O[C@H]1CC(NC(=O)SOI)C(O)C(C)O1. The lowest BCUT2D eigenvalue weighted by Crippen LogP contribution is -2.55. The van der Waals surface area contributed by atoms with Crippen LogP contribution in [0.1, 0.15) is 68.8 Å². The Morgan fingerprint density at radius 1 is 1.16 bits per heavy atom. The van der Waals surface area contributed by atoms with E-state index in [-0.39, 0.29) is 34.4 Å². The number of Topliss-reactive ketones (excluding diaryl/α,β-unsaturated/α-hetero) is 1. The standard InChI is InChI=1S/C28H28INO13S/c1-10-22(33)13(30-27(38)44-43-29)6-17(41-10)42-15-8-28(39,16(32)9-31)7-12-19(15)26(37)21-20(24(12)35)23(34)11-4-3-5-14(40-2)18(11)25(21)36/h3-5,10,13,15,17,22,31,33,35,37,39H,6-9H2,1-2H3,(H,30,38)/t10?,13?,15-,17-,22?,28-/m0/s1. The minimum Gasteiger partial charge on any atom is -0.507 e. The van der Waals surface area contributed by atoms with Gasteiger partial charge in [0.05, 0.1) is 42.0 Å². The summed E-state index contributed by atoms with van der Waals surface area (Å²) in [5, 5.41) is 56.6. The molecule has 6 N–H and O–H groups in total. The van der Waals surface area contributed by atoms with Gasteiger partial charge in [-0.3, -0.25) is 19.2 Å². The van der Waals surface area contributed by atoms with E-state index >= 15 is 0 Å². The van der Waals surface area contributed by atoms with Gasteiger partial charge in [0.15, 0.2) is 17.9 Å². The van der Waals surface area contributed by atoms with Crippen LogP contribution in [0.4, 0.5) is 4.79 Å². The third kappa shape index (κ3) is 5.46. The molecule has 0 radical (unpaired) electrons. The van der Waals surface area contributed by atoms with Gasteiger partial charge in [0.2, 0.25) is 5.78 Å². The number of fused-ring (bicyclic) bond motifs is 3. The highest BCUT2D eigenvalue weighted by atomic mass is 127. The number of carbonyl (C=O) groups is 4. The van der Waals surface area contributed by atoms with E-state index in [1.165, 1.54) is 55.2 Å². The molecule has 3 aliphatic rings. The summed E-state index contributed by atoms with van der Waals surface area (Å²) >= 11 is 2.01. The van der Waals surface area contributed by atoms with E-state index in [2.05, 4.69) is 5.32 Å². The van der Waals surface area contributed by atoms with Crippen molar-refractivity contribution in [1.29, 1.82) is 0 Å². The second-order valence-electron chi connectivity index (χ2n) is 10.7. The van der Waals surface area contributed by atoms with Gasteiger partial charge in [-0.2, -0.15) is 0 Å². The van der Waals surface area contributed by atoms with Crippen molar-refractivity contribution >= 4 is 57.6 Å². The van der Waals surface area contributed by atoms with Crippen LogP contribution >= 0.6 is 35.0 Å². The summed E-state index contributed by atoms with van der Waals surface area (Å²) in [7, 11) is 1.31. The first-order chi connectivity index (χ1) is 20.9. The number of ketones is 3. The molecule has 14 nitrogen and oxygen atoms in total. The van der Waals surface area contributed by atoms with Crippen LogP contribution in [0.25, 0.3) is 0 Å². The van der Waals surface area contributed by atoms with E-state index in [4.69, 9.17) is 16.7 Å². The van der Waals surface area contributed by atoms with Crippen LogP contribution in [0.5, 0.6) is 17.2 Å². The van der Waals surface area contributed by atoms with Gasteiger partial charge in [0, 0.05) is 36.0 Å². The fourth-order valence-electron chi connectivity index (χ4n) is 6.06. The number of aliphatic hydroxyl groups is 3. The van der Waals surface area contributed by atoms with Gasteiger partial charge in [-0.1, -0.05) is 12.1 Å². The van der Waals surface area contributed by atoms with Gasteiger partial charge in [-0.05, 0) is 13.0 Å². The molecule has 1 amide bonds. The lowest BCUT2D eigenvalue weighted by Gasteiger charge is -2.42. The molecule has 0 aromatic heterocycles. The Kier molecular flexibility index (Phi) is 9.26. The van der Waals surface area contributed by atoms with Crippen molar-refractivity contribution in [2.75, 3.05) is 13.7 Å². The fourth-order valence-corrected chi connectivity index (χ4v) is 6.81. The number of halogens is 1. The summed E-state index contributed by atoms with van der Waals surface area (Å²) in [5.74, 6) is -4.00. The zero-order valence-electron chi connectivity index (χ0n) is 23.2. The molecule has 1 saturated heterocycles. The van der Waals surface area contributed by atoms with Gasteiger partial charge >= 0.3 is 5.24 Å². The smallest absolute Gasteiger partial charge is 0.307 e. The minimum absolute atomic E-state index is 0.0706.